The minimum atomic E-state index is -0.566. The topological polar surface area (TPSA) is 58.6 Å². The van der Waals surface area contributed by atoms with E-state index >= 15 is 0 Å². The van der Waals surface area contributed by atoms with Crippen molar-refractivity contribution in [3.63, 3.8) is 0 Å². The van der Waals surface area contributed by atoms with Crippen LogP contribution in [-0.2, 0) is 9.53 Å². The molecule has 0 saturated carbocycles. The Morgan fingerprint density at radius 3 is 2.62 bits per heavy atom. The van der Waals surface area contributed by atoms with Crippen molar-refractivity contribution >= 4 is 12.0 Å². The van der Waals surface area contributed by atoms with Gasteiger partial charge in [0.2, 0.25) is 5.91 Å². The van der Waals surface area contributed by atoms with Crippen LogP contribution in [0, 0.1) is 5.41 Å². The fraction of sp³-hybridized carbons (Fsp3) is 0.750. The van der Waals surface area contributed by atoms with Gasteiger partial charge in [0.25, 0.3) is 0 Å². The number of hydrazine groups is 1. The van der Waals surface area contributed by atoms with E-state index in [-0.39, 0.29) is 12.5 Å². The smallest absolute Gasteiger partial charge is 0.426 e. The number of hydrogen-bond donors (Lipinski definition) is 1. The van der Waals surface area contributed by atoms with Gasteiger partial charge in [-0.3, -0.25) is 4.79 Å². The summed E-state index contributed by atoms with van der Waals surface area (Å²) in [5.41, 5.74) is 1.86. The second kappa shape index (κ2) is 3.24. The summed E-state index contributed by atoms with van der Waals surface area (Å²) in [6.45, 7) is 6.07. The van der Waals surface area contributed by atoms with E-state index in [4.69, 9.17) is 0 Å². The molecule has 1 heterocycles. The number of nitrogens with zero attached hydrogens (tertiary/aromatic N) is 1. The van der Waals surface area contributed by atoms with Crippen molar-refractivity contribution in [2.45, 2.75) is 20.8 Å². The third-order valence-corrected chi connectivity index (χ3v) is 1.66. The van der Waals surface area contributed by atoms with Crippen LogP contribution in [-0.4, -0.2) is 30.2 Å². The predicted molar refractivity (Wildman–Crippen MR) is 45.7 cm³/mol. The van der Waals surface area contributed by atoms with Gasteiger partial charge in [0.05, 0.1) is 6.54 Å². The molecule has 1 aliphatic heterocycles. The van der Waals surface area contributed by atoms with Crippen molar-refractivity contribution in [2.24, 2.45) is 5.41 Å². The lowest BCUT2D eigenvalue weighted by Crippen LogP contribution is -2.55. The standard InChI is InChI=1S/C8H14N2O3/c1-8(2,3)6(11)10-4-5-13-7(12)9-10/h4-5H2,1-3H3,(H,9,12). The average Bonchev–Trinajstić information content (AvgIpc) is 2.01. The van der Waals surface area contributed by atoms with Crippen LogP contribution < -0.4 is 5.43 Å². The SMILES string of the molecule is CC(C)(C)C(=O)N1CCOC(=O)N1. The highest BCUT2D eigenvalue weighted by molar-refractivity contribution is 5.83. The van der Waals surface area contributed by atoms with Crippen LogP contribution in [0.25, 0.3) is 0 Å². The van der Waals surface area contributed by atoms with Gasteiger partial charge < -0.3 is 4.74 Å². The molecule has 5 heteroatoms. The minimum Gasteiger partial charge on any atom is -0.446 e. The Morgan fingerprint density at radius 2 is 2.15 bits per heavy atom. The molecule has 1 fully saturated rings. The molecule has 13 heavy (non-hydrogen) atoms. The van der Waals surface area contributed by atoms with E-state index in [0.29, 0.717) is 6.54 Å². The highest BCUT2D eigenvalue weighted by atomic mass is 16.6. The van der Waals surface area contributed by atoms with Crippen molar-refractivity contribution in [3.8, 4) is 0 Å². The second-order valence-corrected chi connectivity index (χ2v) is 3.95. The molecule has 0 spiro atoms. The van der Waals surface area contributed by atoms with Gasteiger partial charge >= 0.3 is 6.09 Å². The Labute approximate surface area is 77.0 Å². The molecule has 1 saturated heterocycles. The zero-order valence-corrected chi connectivity index (χ0v) is 8.09. The fourth-order valence-corrected chi connectivity index (χ4v) is 0.985. The van der Waals surface area contributed by atoms with Crippen LogP contribution >= 0.6 is 0 Å². The van der Waals surface area contributed by atoms with Gasteiger partial charge in [-0.15, -0.1) is 0 Å². The summed E-state index contributed by atoms with van der Waals surface area (Å²) in [4.78, 5) is 22.4. The minimum absolute atomic E-state index is 0.107. The molecule has 0 bridgehead atoms. The lowest BCUT2D eigenvalue weighted by Gasteiger charge is -2.31. The molecule has 2 amide bonds. The maximum Gasteiger partial charge on any atom is 0.426 e. The second-order valence-electron chi connectivity index (χ2n) is 3.95. The largest absolute Gasteiger partial charge is 0.446 e. The molecule has 0 aromatic heterocycles. The zero-order valence-electron chi connectivity index (χ0n) is 8.09. The van der Waals surface area contributed by atoms with Crippen LogP contribution in [0.15, 0.2) is 0 Å². The van der Waals surface area contributed by atoms with Crippen molar-refractivity contribution in [3.05, 3.63) is 0 Å². The summed E-state index contributed by atoms with van der Waals surface area (Å²) >= 11 is 0. The third-order valence-electron chi connectivity index (χ3n) is 1.66. The monoisotopic (exact) mass is 186 g/mol. The van der Waals surface area contributed by atoms with Gasteiger partial charge in [-0.25, -0.2) is 15.2 Å². The summed E-state index contributed by atoms with van der Waals surface area (Å²) in [5.74, 6) is -0.107. The molecule has 0 aromatic carbocycles. The van der Waals surface area contributed by atoms with Gasteiger partial charge in [0.15, 0.2) is 0 Å². The lowest BCUT2D eigenvalue weighted by atomic mass is 9.95. The molecule has 0 radical (unpaired) electrons. The maximum atomic E-state index is 11.6. The normalized spacial score (nSPS) is 17.8. The van der Waals surface area contributed by atoms with Crippen LogP contribution in [0.1, 0.15) is 20.8 Å². The molecule has 0 aromatic rings. The molecule has 74 valence electrons. The van der Waals surface area contributed by atoms with E-state index < -0.39 is 11.5 Å². The van der Waals surface area contributed by atoms with Crippen LogP contribution in [0.2, 0.25) is 0 Å². The molecule has 0 atom stereocenters. The summed E-state index contributed by atoms with van der Waals surface area (Å²) in [6, 6.07) is 0. The van der Waals surface area contributed by atoms with Crippen molar-refractivity contribution in [1.29, 1.82) is 0 Å². The van der Waals surface area contributed by atoms with E-state index in [0.717, 1.165) is 0 Å². The summed E-state index contributed by atoms with van der Waals surface area (Å²) in [5, 5.41) is 1.30. The summed E-state index contributed by atoms with van der Waals surface area (Å²) in [6.07, 6.45) is -0.566. The Bertz CT molecular complexity index is 232. The quantitative estimate of drug-likeness (QED) is 0.600. The molecule has 5 nitrogen and oxygen atoms in total. The van der Waals surface area contributed by atoms with Gasteiger partial charge in [0, 0.05) is 5.41 Å². The number of carbonyl (C=O) groups excluding carboxylic acids is 2. The van der Waals surface area contributed by atoms with Crippen LogP contribution in [0.3, 0.4) is 0 Å². The fourth-order valence-electron chi connectivity index (χ4n) is 0.985. The number of hydrogen-bond acceptors (Lipinski definition) is 3. The Balaban J connectivity index is 2.62. The molecule has 1 N–H and O–H groups in total. The Kier molecular flexibility index (Phi) is 2.45. The first-order valence-corrected chi connectivity index (χ1v) is 4.16. The number of amides is 2. The van der Waals surface area contributed by atoms with Crippen molar-refractivity contribution in [2.75, 3.05) is 13.2 Å². The van der Waals surface area contributed by atoms with Gasteiger partial charge in [-0.05, 0) is 0 Å². The summed E-state index contributed by atoms with van der Waals surface area (Å²) < 4.78 is 4.63. The van der Waals surface area contributed by atoms with E-state index in [1.807, 2.05) is 0 Å². The molecular weight excluding hydrogens is 172 g/mol. The highest BCUT2D eigenvalue weighted by Gasteiger charge is 2.30. The van der Waals surface area contributed by atoms with Crippen molar-refractivity contribution in [1.82, 2.24) is 10.4 Å². The highest BCUT2D eigenvalue weighted by Crippen LogP contribution is 2.16. The van der Waals surface area contributed by atoms with Gasteiger partial charge in [-0.1, -0.05) is 20.8 Å². The Hall–Kier alpha value is -1.26. The number of carbonyl (C=O) groups is 2. The molecule has 0 aliphatic carbocycles. The van der Waals surface area contributed by atoms with Crippen molar-refractivity contribution < 1.29 is 14.3 Å². The lowest BCUT2D eigenvalue weighted by molar-refractivity contribution is -0.144. The maximum absolute atomic E-state index is 11.6. The first kappa shape index (κ1) is 9.83. The molecular formula is C8H14N2O3. The first-order chi connectivity index (χ1) is 5.91. The van der Waals surface area contributed by atoms with E-state index in [1.165, 1.54) is 5.01 Å². The van der Waals surface area contributed by atoms with E-state index in [1.54, 1.807) is 20.8 Å². The number of cyclic esters (lactones) is 1. The number of nitrogens with one attached hydrogen (secondary N) is 1. The number of rotatable bonds is 0. The van der Waals surface area contributed by atoms with Gasteiger partial charge in [-0.2, -0.15) is 0 Å². The molecule has 1 aliphatic rings. The van der Waals surface area contributed by atoms with E-state index in [2.05, 4.69) is 10.2 Å². The molecule has 1 rings (SSSR count). The molecule has 0 unspecified atom stereocenters. The van der Waals surface area contributed by atoms with Crippen LogP contribution in [0.4, 0.5) is 4.79 Å². The summed E-state index contributed by atoms with van der Waals surface area (Å²) in [7, 11) is 0. The predicted octanol–water partition coefficient (Wildman–Crippen LogP) is 0.516. The third kappa shape index (κ3) is 2.34. The van der Waals surface area contributed by atoms with Gasteiger partial charge in [0.1, 0.15) is 6.61 Å². The van der Waals surface area contributed by atoms with E-state index in [9.17, 15) is 9.59 Å². The van der Waals surface area contributed by atoms with Crippen LogP contribution in [0.5, 0.6) is 0 Å². The number of ether oxygens (including phenoxy) is 1. The average molecular weight is 186 g/mol. The zero-order chi connectivity index (χ0) is 10.1. The Morgan fingerprint density at radius 1 is 1.54 bits per heavy atom. The first-order valence-electron chi connectivity index (χ1n) is 4.16.